The molecule has 0 aliphatic carbocycles. The summed E-state index contributed by atoms with van der Waals surface area (Å²) in [5.41, 5.74) is 0.965. The van der Waals surface area contributed by atoms with Crippen LogP contribution in [-0.4, -0.2) is 28.3 Å². The van der Waals surface area contributed by atoms with Gasteiger partial charge in [0.1, 0.15) is 11.5 Å². The SMILES string of the molecule is COc1ccc(-n2ccnc2SCC(=O)NCc2ccco2)cc1. The Morgan fingerprint density at radius 1 is 1.33 bits per heavy atom. The highest BCUT2D eigenvalue weighted by molar-refractivity contribution is 7.99. The summed E-state index contributed by atoms with van der Waals surface area (Å²) >= 11 is 1.38. The van der Waals surface area contributed by atoms with Crippen LogP contribution in [-0.2, 0) is 11.3 Å². The molecular weight excluding hydrogens is 326 g/mol. The maximum absolute atomic E-state index is 11.9. The number of nitrogens with zero attached hydrogens (tertiary/aromatic N) is 2. The topological polar surface area (TPSA) is 69.3 Å². The molecule has 0 spiro atoms. The Hall–Kier alpha value is -2.67. The van der Waals surface area contributed by atoms with Gasteiger partial charge in [-0.25, -0.2) is 4.98 Å². The average molecular weight is 343 g/mol. The highest BCUT2D eigenvalue weighted by Gasteiger charge is 2.09. The Morgan fingerprint density at radius 3 is 2.88 bits per heavy atom. The van der Waals surface area contributed by atoms with Crippen LogP contribution in [0.3, 0.4) is 0 Å². The number of aromatic nitrogens is 2. The molecule has 0 fully saturated rings. The molecule has 2 aromatic heterocycles. The minimum Gasteiger partial charge on any atom is -0.497 e. The van der Waals surface area contributed by atoms with Crippen molar-refractivity contribution >= 4 is 17.7 Å². The standard InChI is InChI=1S/C17H17N3O3S/c1-22-14-6-4-13(5-7-14)20-9-8-18-17(20)24-12-16(21)19-11-15-3-2-10-23-15/h2-10H,11-12H2,1H3,(H,19,21). The summed E-state index contributed by atoms with van der Waals surface area (Å²) in [4.78, 5) is 16.3. The van der Waals surface area contributed by atoms with Crippen molar-refractivity contribution in [1.29, 1.82) is 0 Å². The zero-order valence-electron chi connectivity index (χ0n) is 13.1. The van der Waals surface area contributed by atoms with Crippen LogP contribution in [0.1, 0.15) is 5.76 Å². The fraction of sp³-hybridized carbons (Fsp3) is 0.176. The van der Waals surface area contributed by atoms with E-state index in [9.17, 15) is 4.79 Å². The lowest BCUT2D eigenvalue weighted by Gasteiger charge is -2.08. The zero-order valence-corrected chi connectivity index (χ0v) is 14.0. The number of methoxy groups -OCH3 is 1. The average Bonchev–Trinajstić information content (AvgIpc) is 3.29. The van der Waals surface area contributed by atoms with Gasteiger partial charge in [0.15, 0.2) is 5.16 Å². The number of carbonyl (C=O) groups excluding carboxylic acids is 1. The number of imidazole rings is 1. The molecule has 0 saturated heterocycles. The Labute approximate surface area is 143 Å². The van der Waals surface area contributed by atoms with Crippen LogP contribution in [0.25, 0.3) is 5.69 Å². The number of hydrogen-bond acceptors (Lipinski definition) is 5. The van der Waals surface area contributed by atoms with E-state index in [2.05, 4.69) is 10.3 Å². The van der Waals surface area contributed by atoms with Crippen molar-refractivity contribution in [2.24, 2.45) is 0 Å². The monoisotopic (exact) mass is 343 g/mol. The van der Waals surface area contributed by atoms with Crippen LogP contribution < -0.4 is 10.1 Å². The molecule has 7 heteroatoms. The zero-order chi connectivity index (χ0) is 16.8. The number of amides is 1. The van der Waals surface area contributed by atoms with E-state index in [0.29, 0.717) is 6.54 Å². The predicted molar refractivity (Wildman–Crippen MR) is 91.4 cm³/mol. The molecule has 3 aromatic rings. The van der Waals surface area contributed by atoms with Gasteiger partial charge < -0.3 is 14.5 Å². The first-order chi connectivity index (χ1) is 11.8. The summed E-state index contributed by atoms with van der Waals surface area (Å²) in [5.74, 6) is 1.74. The van der Waals surface area contributed by atoms with E-state index in [1.807, 2.05) is 41.1 Å². The van der Waals surface area contributed by atoms with E-state index in [-0.39, 0.29) is 11.7 Å². The van der Waals surface area contributed by atoms with E-state index in [0.717, 1.165) is 22.4 Å². The molecule has 0 radical (unpaired) electrons. The molecule has 1 amide bonds. The van der Waals surface area contributed by atoms with Crippen molar-refractivity contribution in [2.45, 2.75) is 11.7 Å². The summed E-state index contributed by atoms with van der Waals surface area (Å²) < 4.78 is 12.3. The maximum Gasteiger partial charge on any atom is 0.230 e. The Balaban J connectivity index is 1.57. The van der Waals surface area contributed by atoms with E-state index < -0.39 is 0 Å². The van der Waals surface area contributed by atoms with Gasteiger partial charge in [0, 0.05) is 18.1 Å². The second kappa shape index (κ2) is 7.74. The number of ether oxygens (including phenoxy) is 1. The lowest BCUT2D eigenvalue weighted by Crippen LogP contribution is -2.24. The number of thioether (sulfide) groups is 1. The maximum atomic E-state index is 11.9. The van der Waals surface area contributed by atoms with Gasteiger partial charge in [-0.05, 0) is 36.4 Å². The van der Waals surface area contributed by atoms with Crippen LogP contribution in [0, 0.1) is 0 Å². The van der Waals surface area contributed by atoms with Crippen LogP contribution in [0.4, 0.5) is 0 Å². The third-order valence-corrected chi connectivity index (χ3v) is 4.30. The van der Waals surface area contributed by atoms with E-state index in [4.69, 9.17) is 9.15 Å². The number of hydrogen-bond donors (Lipinski definition) is 1. The van der Waals surface area contributed by atoms with E-state index in [1.54, 1.807) is 25.6 Å². The van der Waals surface area contributed by atoms with Gasteiger partial charge >= 0.3 is 0 Å². The Kier molecular flexibility index (Phi) is 5.22. The smallest absolute Gasteiger partial charge is 0.230 e. The number of furan rings is 1. The lowest BCUT2D eigenvalue weighted by molar-refractivity contribution is -0.118. The summed E-state index contributed by atoms with van der Waals surface area (Å²) in [7, 11) is 1.63. The van der Waals surface area contributed by atoms with Crippen molar-refractivity contribution in [3.05, 3.63) is 60.8 Å². The fourth-order valence-electron chi connectivity index (χ4n) is 2.12. The third-order valence-electron chi connectivity index (χ3n) is 3.33. The summed E-state index contributed by atoms with van der Waals surface area (Å²) in [6, 6.07) is 11.3. The first kappa shape index (κ1) is 16.2. The van der Waals surface area contributed by atoms with Crippen LogP contribution >= 0.6 is 11.8 Å². The number of carbonyl (C=O) groups is 1. The summed E-state index contributed by atoms with van der Waals surface area (Å²) in [6.45, 7) is 0.388. The van der Waals surface area contributed by atoms with Gasteiger partial charge in [0.05, 0.1) is 25.7 Å². The van der Waals surface area contributed by atoms with E-state index >= 15 is 0 Å². The van der Waals surface area contributed by atoms with Crippen LogP contribution in [0.2, 0.25) is 0 Å². The highest BCUT2D eigenvalue weighted by Crippen LogP contribution is 2.22. The molecule has 124 valence electrons. The summed E-state index contributed by atoms with van der Waals surface area (Å²) in [6.07, 6.45) is 5.17. The molecule has 0 bridgehead atoms. The Morgan fingerprint density at radius 2 is 2.17 bits per heavy atom. The van der Waals surface area contributed by atoms with E-state index in [1.165, 1.54) is 11.8 Å². The Bertz CT molecular complexity index is 782. The molecule has 1 aromatic carbocycles. The molecular formula is C17H17N3O3S. The molecule has 0 unspecified atom stereocenters. The van der Waals surface area contributed by atoms with Gasteiger partial charge in [-0.2, -0.15) is 0 Å². The van der Waals surface area contributed by atoms with Crippen molar-refractivity contribution in [3.8, 4) is 11.4 Å². The second-order valence-corrected chi connectivity index (χ2v) is 5.87. The van der Waals surface area contributed by atoms with Gasteiger partial charge in [0.2, 0.25) is 5.91 Å². The van der Waals surface area contributed by atoms with Crippen LogP contribution in [0.5, 0.6) is 5.75 Å². The second-order valence-electron chi connectivity index (χ2n) is 4.92. The van der Waals surface area contributed by atoms with Crippen molar-refractivity contribution in [1.82, 2.24) is 14.9 Å². The number of rotatable bonds is 7. The van der Waals surface area contributed by atoms with Gasteiger partial charge in [-0.3, -0.25) is 9.36 Å². The van der Waals surface area contributed by atoms with Crippen molar-refractivity contribution in [2.75, 3.05) is 12.9 Å². The molecule has 0 aliphatic rings. The summed E-state index contributed by atoms with van der Waals surface area (Å²) in [5, 5.41) is 3.57. The number of nitrogens with one attached hydrogen (secondary N) is 1. The fourth-order valence-corrected chi connectivity index (χ4v) is 2.92. The molecule has 3 rings (SSSR count). The van der Waals surface area contributed by atoms with Crippen molar-refractivity contribution in [3.63, 3.8) is 0 Å². The minimum atomic E-state index is -0.0688. The molecule has 2 heterocycles. The molecule has 0 saturated carbocycles. The van der Waals surface area contributed by atoms with Gasteiger partial charge in [-0.1, -0.05) is 11.8 Å². The van der Waals surface area contributed by atoms with Crippen molar-refractivity contribution < 1.29 is 13.9 Å². The normalized spacial score (nSPS) is 10.5. The predicted octanol–water partition coefficient (Wildman–Crippen LogP) is 2.88. The number of benzene rings is 1. The van der Waals surface area contributed by atoms with Gasteiger partial charge in [-0.15, -0.1) is 0 Å². The van der Waals surface area contributed by atoms with Crippen LogP contribution in [0.15, 0.2) is 64.6 Å². The largest absolute Gasteiger partial charge is 0.497 e. The molecule has 0 atom stereocenters. The van der Waals surface area contributed by atoms with Gasteiger partial charge in [0.25, 0.3) is 0 Å². The first-order valence-corrected chi connectivity index (χ1v) is 8.34. The molecule has 1 N–H and O–H groups in total. The third kappa shape index (κ3) is 3.99. The molecule has 0 aliphatic heterocycles. The lowest BCUT2D eigenvalue weighted by atomic mass is 10.3. The molecule has 6 nitrogen and oxygen atoms in total. The quantitative estimate of drug-likeness (QED) is 0.668. The highest BCUT2D eigenvalue weighted by atomic mass is 32.2. The minimum absolute atomic E-state index is 0.0688. The molecule has 24 heavy (non-hydrogen) atoms. The first-order valence-electron chi connectivity index (χ1n) is 7.36.